The van der Waals surface area contributed by atoms with E-state index in [2.05, 4.69) is 10.1 Å². The molecule has 1 aliphatic heterocycles. The minimum atomic E-state index is -0.482. The summed E-state index contributed by atoms with van der Waals surface area (Å²) >= 11 is 0. The molecule has 0 radical (unpaired) electrons. The highest BCUT2D eigenvalue weighted by Crippen LogP contribution is 2.24. The molecule has 1 aromatic heterocycles. The lowest BCUT2D eigenvalue weighted by Gasteiger charge is -2.33. The molecule has 7 nitrogen and oxygen atoms in total. The van der Waals surface area contributed by atoms with Gasteiger partial charge in [-0.15, -0.1) is 0 Å². The fourth-order valence-corrected chi connectivity index (χ4v) is 2.67. The van der Waals surface area contributed by atoms with Crippen molar-refractivity contribution in [1.82, 2.24) is 15.0 Å². The van der Waals surface area contributed by atoms with Gasteiger partial charge in [0.05, 0.1) is 13.2 Å². The third-order valence-corrected chi connectivity index (χ3v) is 3.73. The first-order valence-electron chi connectivity index (χ1n) is 7.56. The summed E-state index contributed by atoms with van der Waals surface area (Å²) in [5, 5.41) is 3.91. The topological polar surface area (TPSA) is 77.7 Å². The third kappa shape index (κ3) is 3.44. The Kier molecular flexibility index (Phi) is 4.86. The molecule has 1 aliphatic rings. The predicted octanol–water partition coefficient (Wildman–Crippen LogP) is 1.88. The van der Waals surface area contributed by atoms with Crippen molar-refractivity contribution in [3.05, 3.63) is 46.9 Å². The Balaban J connectivity index is 1.86. The first-order valence-corrected chi connectivity index (χ1v) is 7.56. The van der Waals surface area contributed by atoms with Crippen molar-refractivity contribution in [2.45, 2.75) is 19.6 Å². The lowest BCUT2D eigenvalue weighted by Crippen LogP contribution is -2.44. The molecule has 2 aromatic rings. The molecule has 3 rings (SSSR count). The Morgan fingerprint density at radius 1 is 1.46 bits per heavy atom. The van der Waals surface area contributed by atoms with Gasteiger partial charge in [0, 0.05) is 19.2 Å². The first kappa shape index (κ1) is 16.5. The standard InChI is InChI=1S/C16H18FN3O4/c1-10-5-11(7-12(17)6-10)16(21)20-3-4-23-8-13(20)15-18-14(9-22-2)24-19-15/h5-7,13H,3-4,8-9H2,1-2H3. The van der Waals surface area contributed by atoms with E-state index >= 15 is 0 Å². The fraction of sp³-hybridized carbons (Fsp3) is 0.438. The van der Waals surface area contributed by atoms with E-state index in [1.165, 1.54) is 19.2 Å². The molecule has 1 atom stereocenters. The van der Waals surface area contributed by atoms with E-state index < -0.39 is 11.9 Å². The maximum atomic E-state index is 13.6. The number of nitrogens with zero attached hydrogens (tertiary/aromatic N) is 3. The van der Waals surface area contributed by atoms with E-state index in [0.717, 1.165) is 0 Å². The quantitative estimate of drug-likeness (QED) is 0.849. The van der Waals surface area contributed by atoms with Gasteiger partial charge < -0.3 is 18.9 Å². The van der Waals surface area contributed by atoms with Gasteiger partial charge >= 0.3 is 0 Å². The van der Waals surface area contributed by atoms with Crippen molar-refractivity contribution in [3.63, 3.8) is 0 Å². The average Bonchev–Trinajstić information content (AvgIpc) is 3.02. The summed E-state index contributed by atoms with van der Waals surface area (Å²) in [7, 11) is 1.52. The van der Waals surface area contributed by atoms with Crippen LogP contribution in [0.1, 0.15) is 33.7 Å². The number of benzene rings is 1. The second-order valence-corrected chi connectivity index (χ2v) is 5.59. The summed E-state index contributed by atoms with van der Waals surface area (Å²) < 4.78 is 29.1. The lowest BCUT2D eigenvalue weighted by atomic mass is 10.1. The van der Waals surface area contributed by atoms with Crippen LogP contribution in [0, 0.1) is 12.7 Å². The van der Waals surface area contributed by atoms with Gasteiger partial charge in [0.25, 0.3) is 11.8 Å². The second-order valence-electron chi connectivity index (χ2n) is 5.59. The highest BCUT2D eigenvalue weighted by atomic mass is 19.1. The van der Waals surface area contributed by atoms with Crippen LogP contribution in [0.5, 0.6) is 0 Å². The molecule has 0 spiro atoms. The Morgan fingerprint density at radius 2 is 2.29 bits per heavy atom. The Hall–Kier alpha value is -2.32. The summed E-state index contributed by atoms with van der Waals surface area (Å²) in [6.45, 7) is 2.96. The number of amides is 1. The van der Waals surface area contributed by atoms with Gasteiger partial charge in [0.2, 0.25) is 0 Å². The van der Waals surface area contributed by atoms with E-state index in [9.17, 15) is 9.18 Å². The van der Waals surface area contributed by atoms with E-state index in [0.29, 0.717) is 36.0 Å². The Labute approximate surface area is 138 Å². The first-order chi connectivity index (χ1) is 11.6. The molecule has 1 amide bonds. The molecular formula is C16H18FN3O4. The molecular weight excluding hydrogens is 317 g/mol. The zero-order valence-electron chi connectivity index (χ0n) is 13.5. The van der Waals surface area contributed by atoms with Crippen LogP contribution in [-0.2, 0) is 16.1 Å². The van der Waals surface area contributed by atoms with Crippen molar-refractivity contribution in [2.75, 3.05) is 26.9 Å². The third-order valence-electron chi connectivity index (χ3n) is 3.73. The van der Waals surface area contributed by atoms with Gasteiger partial charge in [0.1, 0.15) is 18.5 Å². The summed E-state index contributed by atoms with van der Waals surface area (Å²) in [4.78, 5) is 18.6. The highest BCUT2D eigenvalue weighted by Gasteiger charge is 2.33. The van der Waals surface area contributed by atoms with Crippen molar-refractivity contribution in [2.24, 2.45) is 0 Å². The summed E-state index contributed by atoms with van der Waals surface area (Å²) in [6, 6.07) is 3.78. The van der Waals surface area contributed by atoms with Crippen LogP contribution in [0.2, 0.25) is 0 Å². The van der Waals surface area contributed by atoms with Crippen LogP contribution in [0.3, 0.4) is 0 Å². The molecule has 0 saturated carbocycles. The van der Waals surface area contributed by atoms with Crippen LogP contribution in [-0.4, -0.2) is 47.8 Å². The number of morpholine rings is 1. The molecule has 8 heteroatoms. The van der Waals surface area contributed by atoms with Crippen LogP contribution in [0.25, 0.3) is 0 Å². The van der Waals surface area contributed by atoms with E-state index in [4.69, 9.17) is 14.0 Å². The van der Waals surface area contributed by atoms with Crippen molar-refractivity contribution >= 4 is 5.91 Å². The van der Waals surface area contributed by atoms with Crippen LogP contribution in [0.15, 0.2) is 22.7 Å². The van der Waals surface area contributed by atoms with Gasteiger partial charge in [-0.2, -0.15) is 4.98 Å². The number of hydrogen-bond donors (Lipinski definition) is 0. The monoisotopic (exact) mass is 335 g/mol. The van der Waals surface area contributed by atoms with Gasteiger partial charge in [0.15, 0.2) is 5.82 Å². The van der Waals surface area contributed by atoms with E-state index in [-0.39, 0.29) is 19.1 Å². The zero-order chi connectivity index (χ0) is 17.1. The smallest absolute Gasteiger partial charge is 0.254 e. The lowest BCUT2D eigenvalue weighted by molar-refractivity contribution is -0.00579. The maximum absolute atomic E-state index is 13.6. The number of methoxy groups -OCH3 is 1. The molecule has 128 valence electrons. The number of carbonyl (C=O) groups excluding carboxylic acids is 1. The largest absolute Gasteiger partial charge is 0.377 e. The SMILES string of the molecule is COCc1nc(C2COCCN2C(=O)c2cc(C)cc(F)c2)no1. The molecule has 0 bridgehead atoms. The van der Waals surface area contributed by atoms with Gasteiger partial charge in [-0.3, -0.25) is 4.79 Å². The van der Waals surface area contributed by atoms with Crippen molar-refractivity contribution < 1.29 is 23.2 Å². The van der Waals surface area contributed by atoms with Gasteiger partial charge in [-0.1, -0.05) is 5.16 Å². The minimum absolute atomic E-state index is 0.192. The maximum Gasteiger partial charge on any atom is 0.254 e. The Bertz CT molecular complexity index is 714. The Morgan fingerprint density at radius 3 is 3.04 bits per heavy atom. The molecule has 0 aliphatic carbocycles. The minimum Gasteiger partial charge on any atom is -0.377 e. The number of rotatable bonds is 4. The predicted molar refractivity (Wildman–Crippen MR) is 80.7 cm³/mol. The van der Waals surface area contributed by atoms with Crippen LogP contribution < -0.4 is 0 Å². The molecule has 0 N–H and O–H groups in total. The number of carbonyl (C=O) groups is 1. The van der Waals surface area contributed by atoms with E-state index in [1.54, 1.807) is 17.9 Å². The molecule has 1 unspecified atom stereocenters. The highest BCUT2D eigenvalue weighted by molar-refractivity contribution is 5.94. The fourth-order valence-electron chi connectivity index (χ4n) is 2.67. The molecule has 1 fully saturated rings. The molecule has 1 aromatic carbocycles. The molecule has 2 heterocycles. The second kappa shape index (κ2) is 7.06. The van der Waals surface area contributed by atoms with Gasteiger partial charge in [-0.25, -0.2) is 4.39 Å². The number of aryl methyl sites for hydroxylation is 1. The normalized spacial score (nSPS) is 18.0. The number of halogens is 1. The molecule has 1 saturated heterocycles. The summed E-state index contributed by atoms with van der Waals surface area (Å²) in [5.74, 6) is -0.0515. The summed E-state index contributed by atoms with van der Waals surface area (Å²) in [6.07, 6.45) is 0. The number of aromatic nitrogens is 2. The van der Waals surface area contributed by atoms with Gasteiger partial charge in [-0.05, 0) is 30.7 Å². The van der Waals surface area contributed by atoms with Crippen molar-refractivity contribution in [1.29, 1.82) is 0 Å². The summed E-state index contributed by atoms with van der Waals surface area (Å²) in [5.41, 5.74) is 0.977. The van der Waals surface area contributed by atoms with Crippen molar-refractivity contribution in [3.8, 4) is 0 Å². The number of ether oxygens (including phenoxy) is 2. The van der Waals surface area contributed by atoms with Crippen LogP contribution in [0.4, 0.5) is 4.39 Å². The zero-order valence-corrected chi connectivity index (χ0v) is 13.5. The number of hydrogen-bond acceptors (Lipinski definition) is 6. The van der Waals surface area contributed by atoms with Crippen LogP contribution >= 0.6 is 0 Å². The molecule has 24 heavy (non-hydrogen) atoms. The van der Waals surface area contributed by atoms with E-state index in [1.807, 2.05) is 0 Å². The average molecular weight is 335 g/mol.